The predicted molar refractivity (Wildman–Crippen MR) is 68.8 cm³/mol. The van der Waals surface area contributed by atoms with Gasteiger partial charge in [-0.1, -0.05) is 6.07 Å². The number of hydrogen-bond acceptors (Lipinski definition) is 3. The maximum atomic E-state index is 6.06. The van der Waals surface area contributed by atoms with Crippen LogP contribution >= 0.6 is 0 Å². The van der Waals surface area contributed by atoms with Crippen LogP contribution in [0, 0.1) is 6.92 Å². The Balaban J connectivity index is 1.95. The Kier molecular flexibility index (Phi) is 1.74. The van der Waals surface area contributed by atoms with Gasteiger partial charge < -0.3 is 9.47 Å². The lowest BCUT2D eigenvalue weighted by Gasteiger charge is -2.29. The maximum Gasteiger partial charge on any atom is 0.132 e. The Morgan fingerprint density at radius 1 is 1.22 bits per heavy atom. The minimum Gasteiger partial charge on any atom is -0.485 e. The average Bonchev–Trinajstić information content (AvgIpc) is 3.08. The third-order valence-corrected chi connectivity index (χ3v) is 3.82. The van der Waals surface area contributed by atoms with Crippen molar-refractivity contribution in [1.29, 1.82) is 0 Å². The summed E-state index contributed by atoms with van der Waals surface area (Å²) >= 11 is 0. The second-order valence-corrected chi connectivity index (χ2v) is 5.72. The standard InChI is InChI=1S/C15H15NO2/c1-8-4-5-9-6-12-10(7-11(9)16-8)13-14(17-13)15(2,3)18-12/h4-7,13-14H,1-3H3/t13-,14-/m1/s1. The predicted octanol–water partition coefficient (Wildman–Crippen LogP) is 3.15. The lowest BCUT2D eigenvalue weighted by Crippen LogP contribution is -2.37. The first-order chi connectivity index (χ1) is 8.54. The van der Waals surface area contributed by atoms with E-state index in [-0.39, 0.29) is 17.8 Å². The zero-order valence-electron chi connectivity index (χ0n) is 10.7. The molecule has 0 saturated carbocycles. The number of benzene rings is 1. The van der Waals surface area contributed by atoms with Crippen LogP contribution < -0.4 is 4.74 Å². The molecule has 1 aromatic carbocycles. The molecule has 0 amide bonds. The van der Waals surface area contributed by atoms with E-state index >= 15 is 0 Å². The van der Waals surface area contributed by atoms with Crippen molar-refractivity contribution in [2.45, 2.75) is 38.6 Å². The van der Waals surface area contributed by atoms with E-state index in [2.05, 4.69) is 37.0 Å². The van der Waals surface area contributed by atoms with Gasteiger partial charge in [0.05, 0.1) is 5.52 Å². The molecule has 2 aromatic rings. The molecule has 0 radical (unpaired) electrons. The first kappa shape index (κ1) is 10.3. The van der Waals surface area contributed by atoms with Crippen LogP contribution in [0.5, 0.6) is 5.75 Å². The second kappa shape index (κ2) is 3.04. The van der Waals surface area contributed by atoms with Crippen molar-refractivity contribution in [2.75, 3.05) is 0 Å². The minimum absolute atomic E-state index is 0.187. The summed E-state index contributed by atoms with van der Waals surface area (Å²) in [5.41, 5.74) is 2.97. The topological polar surface area (TPSA) is 34.7 Å². The van der Waals surface area contributed by atoms with E-state index in [4.69, 9.17) is 9.47 Å². The van der Waals surface area contributed by atoms with Gasteiger partial charge in [-0.15, -0.1) is 0 Å². The van der Waals surface area contributed by atoms with Crippen LogP contribution in [0.4, 0.5) is 0 Å². The molecule has 2 aliphatic rings. The normalized spacial score (nSPS) is 27.3. The summed E-state index contributed by atoms with van der Waals surface area (Å²) in [6.45, 7) is 6.17. The average molecular weight is 241 g/mol. The molecular weight excluding hydrogens is 226 g/mol. The van der Waals surface area contributed by atoms with E-state index in [1.54, 1.807) is 0 Å². The molecule has 0 spiro atoms. The van der Waals surface area contributed by atoms with Crippen molar-refractivity contribution >= 4 is 10.9 Å². The Hall–Kier alpha value is -1.61. The quantitative estimate of drug-likeness (QED) is 0.664. The van der Waals surface area contributed by atoms with Crippen molar-refractivity contribution < 1.29 is 9.47 Å². The van der Waals surface area contributed by atoms with Gasteiger partial charge in [0.1, 0.15) is 23.6 Å². The number of fused-ring (bicyclic) bond motifs is 4. The van der Waals surface area contributed by atoms with Crippen molar-refractivity contribution in [2.24, 2.45) is 0 Å². The third-order valence-electron chi connectivity index (χ3n) is 3.82. The number of aryl methyl sites for hydroxylation is 1. The second-order valence-electron chi connectivity index (χ2n) is 5.72. The van der Waals surface area contributed by atoms with Crippen molar-refractivity contribution in [3.8, 4) is 5.75 Å². The van der Waals surface area contributed by atoms with Gasteiger partial charge in [0, 0.05) is 16.6 Å². The maximum absolute atomic E-state index is 6.06. The van der Waals surface area contributed by atoms with E-state index in [0.29, 0.717) is 0 Å². The first-order valence-electron chi connectivity index (χ1n) is 6.30. The van der Waals surface area contributed by atoms with Crippen LogP contribution in [0.1, 0.15) is 31.2 Å². The number of rotatable bonds is 0. The molecule has 0 aliphatic carbocycles. The molecule has 92 valence electrons. The first-order valence-corrected chi connectivity index (χ1v) is 6.30. The number of ether oxygens (including phenoxy) is 2. The fourth-order valence-corrected chi connectivity index (χ4v) is 2.80. The number of aromatic nitrogens is 1. The Labute approximate surface area is 106 Å². The summed E-state index contributed by atoms with van der Waals surface area (Å²) in [5, 5.41) is 1.12. The molecule has 3 nitrogen and oxygen atoms in total. The highest BCUT2D eigenvalue weighted by Crippen LogP contribution is 2.54. The molecule has 0 N–H and O–H groups in total. The van der Waals surface area contributed by atoms with Crippen LogP contribution in [0.2, 0.25) is 0 Å². The molecule has 3 heteroatoms. The van der Waals surface area contributed by atoms with Gasteiger partial charge in [0.25, 0.3) is 0 Å². The van der Waals surface area contributed by atoms with Gasteiger partial charge >= 0.3 is 0 Å². The molecule has 2 aliphatic heterocycles. The van der Waals surface area contributed by atoms with E-state index in [1.165, 1.54) is 0 Å². The molecule has 3 heterocycles. The Morgan fingerprint density at radius 2 is 2.06 bits per heavy atom. The third kappa shape index (κ3) is 1.31. The lowest BCUT2D eigenvalue weighted by molar-refractivity contribution is 0.0727. The molecule has 18 heavy (non-hydrogen) atoms. The van der Waals surface area contributed by atoms with E-state index in [0.717, 1.165) is 27.9 Å². The summed E-state index contributed by atoms with van der Waals surface area (Å²) in [6, 6.07) is 8.31. The van der Waals surface area contributed by atoms with E-state index < -0.39 is 0 Å². The summed E-state index contributed by atoms with van der Waals surface area (Å²) in [4.78, 5) is 4.56. The van der Waals surface area contributed by atoms with Gasteiger partial charge in [0.2, 0.25) is 0 Å². The largest absolute Gasteiger partial charge is 0.485 e. The lowest BCUT2D eigenvalue weighted by atomic mass is 9.93. The van der Waals surface area contributed by atoms with E-state index in [9.17, 15) is 0 Å². The van der Waals surface area contributed by atoms with Gasteiger partial charge in [-0.05, 0) is 39.0 Å². The van der Waals surface area contributed by atoms with Gasteiger partial charge in [-0.25, -0.2) is 0 Å². The molecule has 1 fully saturated rings. The fourth-order valence-electron chi connectivity index (χ4n) is 2.80. The highest BCUT2D eigenvalue weighted by atomic mass is 16.6. The number of nitrogens with zero attached hydrogens (tertiary/aromatic N) is 1. The number of hydrogen-bond donors (Lipinski definition) is 0. The SMILES string of the molecule is Cc1ccc2cc3c(cc2n1)[C@H]1O[C@H]1C(C)(C)O3. The molecule has 1 saturated heterocycles. The smallest absolute Gasteiger partial charge is 0.132 e. The van der Waals surface area contributed by atoms with Crippen molar-refractivity contribution in [3.63, 3.8) is 0 Å². The van der Waals surface area contributed by atoms with Crippen LogP contribution in [-0.2, 0) is 4.74 Å². The zero-order chi connectivity index (χ0) is 12.5. The summed E-state index contributed by atoms with van der Waals surface area (Å²) in [7, 11) is 0. The monoisotopic (exact) mass is 241 g/mol. The highest BCUT2D eigenvalue weighted by Gasteiger charge is 2.56. The van der Waals surface area contributed by atoms with Crippen LogP contribution in [0.3, 0.4) is 0 Å². The minimum atomic E-state index is -0.233. The molecule has 0 unspecified atom stereocenters. The number of pyridine rings is 1. The van der Waals surface area contributed by atoms with Crippen molar-refractivity contribution in [1.82, 2.24) is 4.98 Å². The highest BCUT2D eigenvalue weighted by molar-refractivity contribution is 5.82. The van der Waals surface area contributed by atoms with Crippen LogP contribution in [0.25, 0.3) is 10.9 Å². The molecule has 4 rings (SSSR count). The van der Waals surface area contributed by atoms with Crippen LogP contribution in [0.15, 0.2) is 24.3 Å². The molecule has 1 aromatic heterocycles. The van der Waals surface area contributed by atoms with Gasteiger partial charge in [0.15, 0.2) is 0 Å². The molecule has 0 bridgehead atoms. The Bertz CT molecular complexity index is 663. The van der Waals surface area contributed by atoms with Crippen molar-refractivity contribution in [3.05, 3.63) is 35.5 Å². The fraction of sp³-hybridized carbons (Fsp3) is 0.400. The summed E-state index contributed by atoms with van der Waals surface area (Å²) in [5.74, 6) is 0.942. The summed E-state index contributed by atoms with van der Waals surface area (Å²) in [6.07, 6.45) is 0.378. The van der Waals surface area contributed by atoms with Gasteiger partial charge in [-0.3, -0.25) is 4.98 Å². The molecule has 2 atom stereocenters. The zero-order valence-corrected chi connectivity index (χ0v) is 10.7. The Morgan fingerprint density at radius 3 is 2.89 bits per heavy atom. The molecular formula is C15H15NO2. The number of epoxide rings is 1. The van der Waals surface area contributed by atoms with E-state index in [1.807, 2.05) is 13.0 Å². The van der Waals surface area contributed by atoms with Crippen LogP contribution in [-0.4, -0.2) is 16.7 Å². The van der Waals surface area contributed by atoms with Gasteiger partial charge in [-0.2, -0.15) is 0 Å². The summed E-state index contributed by atoms with van der Waals surface area (Å²) < 4.78 is 11.8.